The second-order valence-corrected chi connectivity index (χ2v) is 50.7. The predicted molar refractivity (Wildman–Crippen MR) is 306 cm³/mol. The van der Waals surface area contributed by atoms with Crippen LogP contribution in [-0.2, 0) is 62.2 Å². The average molecular weight is 1200 g/mol. The molecule has 0 aromatic heterocycles. The van der Waals surface area contributed by atoms with Gasteiger partial charge < -0.3 is 68.3 Å². The smallest absolute Gasteiger partial charge is 0.356 e. The summed E-state index contributed by atoms with van der Waals surface area (Å²) in [6, 6.07) is 33.7. The Morgan fingerprint density at radius 1 is 0.333 bits per heavy atom. The Morgan fingerprint density at radius 3 is 0.931 bits per heavy atom. The van der Waals surface area contributed by atoms with E-state index in [0.717, 1.165) is 48.3 Å². The molecular formula is C44H76O16Si12. The maximum atomic E-state index is 7.01. The molecule has 8 atom stereocenters. The third-order valence-electron chi connectivity index (χ3n) is 11.9. The van der Waals surface area contributed by atoms with Crippen LogP contribution in [0.3, 0.4) is 0 Å². The first-order valence-corrected chi connectivity index (χ1v) is 52.0. The van der Waals surface area contributed by atoms with Crippen molar-refractivity contribution in [2.24, 2.45) is 0 Å². The van der Waals surface area contributed by atoms with Gasteiger partial charge in [-0.25, -0.2) is 0 Å². The second-order valence-electron chi connectivity index (χ2n) is 19.3. The molecule has 3 aliphatic rings. The van der Waals surface area contributed by atoms with Crippen LogP contribution >= 0.6 is 0 Å². The molecule has 0 amide bonds. The fourth-order valence-corrected chi connectivity index (χ4v) is 53.6. The number of benzene rings is 4. The molecule has 16 nitrogen and oxygen atoms in total. The van der Waals surface area contributed by atoms with Gasteiger partial charge in [-0.3, -0.25) is 0 Å². The van der Waals surface area contributed by atoms with Gasteiger partial charge in [0.25, 0.3) is 74.3 Å². The molecule has 72 heavy (non-hydrogen) atoms. The molecule has 3 aliphatic heterocycles. The van der Waals surface area contributed by atoms with Gasteiger partial charge in [0, 0.05) is 0 Å². The van der Waals surface area contributed by atoms with Crippen LogP contribution in [0.2, 0.25) is 84.6 Å². The third kappa shape index (κ3) is 18.7. The van der Waals surface area contributed by atoms with Crippen LogP contribution in [0.25, 0.3) is 0 Å². The van der Waals surface area contributed by atoms with E-state index < -0.39 is 109 Å². The van der Waals surface area contributed by atoms with Crippen molar-refractivity contribution >= 4 is 109 Å². The molecule has 4 aromatic carbocycles. The van der Waals surface area contributed by atoms with Crippen molar-refractivity contribution in [3.8, 4) is 23.0 Å². The maximum Gasteiger partial charge on any atom is 0.356 e. The molecule has 0 N–H and O–H groups in total. The van der Waals surface area contributed by atoms with Crippen molar-refractivity contribution in [1.82, 2.24) is 0 Å². The van der Waals surface area contributed by atoms with Gasteiger partial charge in [-0.05, 0) is 175 Å². The van der Waals surface area contributed by atoms with Crippen LogP contribution in [0, 0.1) is 0 Å². The van der Waals surface area contributed by atoms with Gasteiger partial charge in [0.1, 0.15) is 41.7 Å². The quantitative estimate of drug-likeness (QED) is 0.0797. The minimum Gasteiger partial charge on any atom is -0.494 e. The summed E-state index contributed by atoms with van der Waals surface area (Å²) in [5.41, 5.74) is 4.74. The number of ether oxygens (including phenoxy) is 4. The minimum atomic E-state index is -2.86. The van der Waals surface area contributed by atoms with Gasteiger partial charge in [0.2, 0.25) is 0 Å². The highest BCUT2D eigenvalue weighted by molar-refractivity contribution is 6.87. The van der Waals surface area contributed by atoms with E-state index in [0.29, 0.717) is 25.3 Å². The molecule has 0 bridgehead atoms. The number of hydrogen-bond donors (Lipinski definition) is 0. The Hall–Kier alpha value is -1.80. The molecule has 28 heteroatoms. The molecule has 4 aromatic rings. The van der Waals surface area contributed by atoms with E-state index in [1.165, 1.54) is 22.3 Å². The van der Waals surface area contributed by atoms with Crippen LogP contribution in [0.5, 0.6) is 23.0 Å². The molecule has 0 radical (unpaired) electrons. The highest BCUT2D eigenvalue weighted by Gasteiger charge is 2.48. The predicted octanol–water partition coefficient (Wildman–Crippen LogP) is 6.42. The van der Waals surface area contributed by atoms with Gasteiger partial charge >= 0.3 is 34.2 Å². The average Bonchev–Trinajstić information content (AvgIpc) is 3.28. The molecule has 8 unspecified atom stereocenters. The zero-order valence-corrected chi connectivity index (χ0v) is 57.3. The summed E-state index contributed by atoms with van der Waals surface area (Å²) in [6.45, 7) is 25.2. The Morgan fingerprint density at radius 2 is 0.597 bits per heavy atom. The Kier molecular flexibility index (Phi) is 21.3. The standard InChI is InChI=1S/C44H76O16Si12/c1-61-49-63(3)55-70(10,56-64(4)50-61)34-46-42-24-16-38(17-25-42)32-37-14-22-41(23-15-37)45-30-13-31-69(9)54-67(7)53-68(8)59-72(12,60-69)36-48-44-28-20-40(21-29-44)33-39-18-26-43(27-19-39)47-35-71(11)57-65(5)51-62(2)52-66(6)58-71/h14-29,61-68H,13,30-36H2,1-12H3. The van der Waals surface area contributed by atoms with Crippen LogP contribution in [0.1, 0.15) is 28.7 Å². The first-order valence-electron chi connectivity index (χ1n) is 25.1. The lowest BCUT2D eigenvalue weighted by molar-refractivity contribution is 0.225. The van der Waals surface area contributed by atoms with Crippen LogP contribution in [0.4, 0.5) is 0 Å². The highest BCUT2D eigenvalue weighted by atomic mass is 28.5. The zero-order valence-electron chi connectivity index (χ0n) is 44.0. The molecule has 3 fully saturated rings. The van der Waals surface area contributed by atoms with Gasteiger partial charge in [0.15, 0.2) is 0 Å². The Balaban J connectivity index is 0.839. The molecule has 0 saturated carbocycles. The molecule has 3 heterocycles. The fraction of sp³-hybridized carbons (Fsp3) is 0.455. The van der Waals surface area contributed by atoms with E-state index in [9.17, 15) is 0 Å². The lowest BCUT2D eigenvalue weighted by atomic mass is 10.0. The summed E-state index contributed by atoms with van der Waals surface area (Å²) >= 11 is 0. The molecule has 3 saturated heterocycles. The number of rotatable bonds is 18. The van der Waals surface area contributed by atoms with E-state index in [-0.39, 0.29) is 0 Å². The van der Waals surface area contributed by atoms with E-state index in [4.69, 9.17) is 68.3 Å². The maximum absolute atomic E-state index is 7.01. The van der Waals surface area contributed by atoms with Crippen molar-refractivity contribution < 1.29 is 68.3 Å². The first-order chi connectivity index (χ1) is 34.2. The van der Waals surface area contributed by atoms with Gasteiger partial charge in [-0.15, -0.1) is 0 Å². The second kappa shape index (κ2) is 26.5. The Labute approximate surface area is 445 Å². The lowest BCUT2D eigenvalue weighted by Crippen LogP contribution is -2.61. The van der Waals surface area contributed by atoms with Gasteiger partial charge in [0.05, 0.1) is 6.61 Å². The molecule has 0 spiro atoms. The summed E-state index contributed by atoms with van der Waals surface area (Å²) in [6.07, 6.45) is 3.46. The number of hydrogen-bond acceptors (Lipinski definition) is 16. The molecule has 0 aliphatic carbocycles. The third-order valence-corrected chi connectivity index (χ3v) is 53.9. The lowest BCUT2D eigenvalue weighted by Gasteiger charge is -2.42. The van der Waals surface area contributed by atoms with Crippen molar-refractivity contribution in [1.29, 1.82) is 0 Å². The van der Waals surface area contributed by atoms with E-state index in [2.05, 4.69) is 74.7 Å². The molecule has 396 valence electrons. The van der Waals surface area contributed by atoms with Crippen LogP contribution in [0.15, 0.2) is 97.1 Å². The van der Waals surface area contributed by atoms with Crippen molar-refractivity contribution in [3.63, 3.8) is 0 Å². The highest BCUT2D eigenvalue weighted by Crippen LogP contribution is 2.29. The normalized spacial score (nSPS) is 32.7. The summed E-state index contributed by atoms with van der Waals surface area (Å²) in [7, 11) is -25.4. The summed E-state index contributed by atoms with van der Waals surface area (Å²) in [5, 5.41) is 0. The monoisotopic (exact) mass is 1200 g/mol. The topological polar surface area (TPSA) is 148 Å². The molecule has 7 rings (SSSR count). The molecular weight excluding hydrogens is 1120 g/mol. The fourth-order valence-electron chi connectivity index (χ4n) is 9.07. The van der Waals surface area contributed by atoms with E-state index in [1.807, 2.05) is 101 Å². The first kappa shape index (κ1) is 57.9. The van der Waals surface area contributed by atoms with E-state index in [1.54, 1.807) is 0 Å². The largest absolute Gasteiger partial charge is 0.494 e. The minimum absolute atomic E-state index is 0.331. The summed E-state index contributed by atoms with van der Waals surface area (Å²) < 4.78 is 101. The van der Waals surface area contributed by atoms with Crippen molar-refractivity contribution in [3.05, 3.63) is 119 Å². The summed E-state index contributed by atoms with van der Waals surface area (Å²) in [4.78, 5) is 0. The van der Waals surface area contributed by atoms with E-state index >= 15 is 0 Å². The van der Waals surface area contributed by atoms with Crippen molar-refractivity contribution in [2.45, 2.75) is 104 Å². The van der Waals surface area contributed by atoms with Crippen LogP contribution in [-0.4, -0.2) is 134 Å². The van der Waals surface area contributed by atoms with Crippen molar-refractivity contribution in [2.75, 3.05) is 25.3 Å². The van der Waals surface area contributed by atoms with Gasteiger partial charge in [-0.1, -0.05) is 48.5 Å². The Bertz CT molecular complexity index is 2260. The summed E-state index contributed by atoms with van der Waals surface area (Å²) in [5.74, 6) is 3.17. The SMILES string of the molecule is C[SiH]1O[SiH](C)O[Si](C)(COc2ccc(Cc3ccc(OCCC[Si]4(C)O[SiH](C)O[SiH](C)O[Si](C)(COc5ccc(Cc6ccc(OC[Si]7(C)O[SiH](C)O[SiH](C)O[SiH](C)O7)cc6)cc5)O4)cc3)cc2)O[SiH](C)O1. The zero-order chi connectivity index (χ0) is 51.5. The van der Waals surface area contributed by atoms with Gasteiger partial charge in [-0.2, -0.15) is 0 Å². The van der Waals surface area contributed by atoms with Crippen LogP contribution < -0.4 is 18.9 Å².